The third-order valence-electron chi connectivity index (χ3n) is 1.79. The zero-order valence-electron chi connectivity index (χ0n) is 7.63. The first-order valence-electron chi connectivity index (χ1n) is 4.14. The molecule has 0 amide bonds. The van der Waals surface area contributed by atoms with E-state index < -0.39 is 11.8 Å². The lowest BCUT2D eigenvalue weighted by Crippen LogP contribution is -2.01. The molecule has 1 atom stereocenters. The fraction of sp³-hybridized carbons (Fsp3) is 0.300. The lowest BCUT2D eigenvalue weighted by molar-refractivity contribution is -0.136. The van der Waals surface area contributed by atoms with Crippen molar-refractivity contribution in [1.29, 1.82) is 0 Å². The van der Waals surface area contributed by atoms with E-state index in [0.29, 0.717) is 5.56 Å². The van der Waals surface area contributed by atoms with Crippen LogP contribution in [0.2, 0.25) is 0 Å². The van der Waals surface area contributed by atoms with Crippen LogP contribution in [0.3, 0.4) is 0 Å². The first kappa shape index (κ1) is 11.2. The van der Waals surface area contributed by atoms with E-state index in [2.05, 4.69) is 15.9 Å². The molecule has 0 heterocycles. The summed E-state index contributed by atoms with van der Waals surface area (Å²) in [5.74, 6) is -1.35. The van der Waals surface area contributed by atoms with Crippen LogP contribution < -0.4 is 0 Å². The maximum atomic E-state index is 13.0. The molecule has 0 aliphatic heterocycles. The Kier molecular flexibility index (Phi) is 3.63. The molecular weight excluding hydrogens is 251 g/mol. The highest BCUT2D eigenvalue weighted by atomic mass is 79.9. The molecule has 0 fully saturated rings. The lowest BCUT2D eigenvalue weighted by atomic mass is 10.1. The van der Waals surface area contributed by atoms with Gasteiger partial charge in [-0.2, -0.15) is 0 Å². The molecule has 1 N–H and O–H groups in total. The van der Waals surface area contributed by atoms with Crippen LogP contribution in [0.4, 0.5) is 4.39 Å². The maximum absolute atomic E-state index is 13.0. The van der Waals surface area contributed by atoms with Gasteiger partial charge in [-0.05, 0) is 30.2 Å². The van der Waals surface area contributed by atoms with Crippen molar-refractivity contribution in [2.45, 2.75) is 18.2 Å². The largest absolute Gasteiger partial charge is 0.481 e. The van der Waals surface area contributed by atoms with Crippen molar-refractivity contribution >= 4 is 21.9 Å². The average Bonchev–Trinajstić information content (AvgIpc) is 2.01. The van der Waals surface area contributed by atoms with Crippen molar-refractivity contribution in [3.05, 3.63) is 35.1 Å². The molecule has 0 aromatic heterocycles. The Hall–Kier alpha value is -0.900. The second-order valence-electron chi connectivity index (χ2n) is 3.08. The standard InChI is InChI=1S/C10H10BrFO2/c1-6(11)8-2-7(4-10(13)14)3-9(12)5-8/h2-3,5-6H,4H2,1H3,(H,13,14). The minimum atomic E-state index is -0.955. The quantitative estimate of drug-likeness (QED) is 0.849. The number of aliphatic carboxylic acids is 1. The number of benzene rings is 1. The summed E-state index contributed by atoms with van der Waals surface area (Å²) in [6, 6.07) is 4.33. The van der Waals surface area contributed by atoms with E-state index in [1.54, 1.807) is 6.07 Å². The third kappa shape index (κ3) is 3.10. The summed E-state index contributed by atoms with van der Waals surface area (Å²) >= 11 is 3.30. The summed E-state index contributed by atoms with van der Waals surface area (Å²) in [7, 11) is 0. The Morgan fingerprint density at radius 3 is 2.71 bits per heavy atom. The van der Waals surface area contributed by atoms with Gasteiger partial charge in [-0.25, -0.2) is 4.39 Å². The Morgan fingerprint density at radius 1 is 1.57 bits per heavy atom. The van der Waals surface area contributed by atoms with Crippen molar-refractivity contribution in [1.82, 2.24) is 0 Å². The molecule has 0 aliphatic carbocycles. The number of halogens is 2. The molecule has 14 heavy (non-hydrogen) atoms. The Bertz CT molecular complexity index is 350. The lowest BCUT2D eigenvalue weighted by Gasteiger charge is -2.06. The van der Waals surface area contributed by atoms with Gasteiger partial charge >= 0.3 is 5.97 Å². The molecule has 1 aromatic rings. The molecule has 1 aromatic carbocycles. The zero-order valence-corrected chi connectivity index (χ0v) is 9.21. The van der Waals surface area contributed by atoms with E-state index in [4.69, 9.17) is 5.11 Å². The summed E-state index contributed by atoms with van der Waals surface area (Å²) in [4.78, 5) is 10.4. The highest BCUT2D eigenvalue weighted by Crippen LogP contribution is 2.23. The van der Waals surface area contributed by atoms with Crippen molar-refractivity contribution in [2.24, 2.45) is 0 Å². The van der Waals surface area contributed by atoms with Crippen LogP contribution in [-0.4, -0.2) is 11.1 Å². The van der Waals surface area contributed by atoms with Gasteiger partial charge in [0.05, 0.1) is 6.42 Å². The number of rotatable bonds is 3. The summed E-state index contributed by atoms with van der Waals surface area (Å²) in [6.07, 6.45) is -0.148. The fourth-order valence-electron chi connectivity index (χ4n) is 1.18. The maximum Gasteiger partial charge on any atom is 0.307 e. The molecule has 1 unspecified atom stereocenters. The molecule has 2 nitrogen and oxygen atoms in total. The topological polar surface area (TPSA) is 37.3 Å². The monoisotopic (exact) mass is 260 g/mol. The summed E-state index contributed by atoms with van der Waals surface area (Å²) in [5.41, 5.74) is 1.24. The molecular formula is C10H10BrFO2. The van der Waals surface area contributed by atoms with Crippen molar-refractivity contribution in [3.8, 4) is 0 Å². The van der Waals surface area contributed by atoms with Gasteiger partial charge in [-0.3, -0.25) is 4.79 Å². The number of carboxylic acid groups (broad SMARTS) is 1. The van der Waals surface area contributed by atoms with Crippen LogP contribution in [-0.2, 0) is 11.2 Å². The van der Waals surface area contributed by atoms with Crippen LogP contribution in [0.15, 0.2) is 18.2 Å². The van der Waals surface area contributed by atoms with E-state index >= 15 is 0 Å². The molecule has 76 valence electrons. The molecule has 1 rings (SSSR count). The third-order valence-corrected chi connectivity index (χ3v) is 2.32. The SMILES string of the molecule is CC(Br)c1cc(F)cc(CC(=O)O)c1. The second kappa shape index (κ2) is 4.55. The van der Waals surface area contributed by atoms with Crippen LogP contribution >= 0.6 is 15.9 Å². The highest BCUT2D eigenvalue weighted by Gasteiger charge is 2.07. The summed E-state index contributed by atoms with van der Waals surface area (Å²) in [6.45, 7) is 1.86. The molecule has 0 saturated heterocycles. The minimum absolute atomic E-state index is 0.0192. The van der Waals surface area contributed by atoms with Crippen LogP contribution in [0.5, 0.6) is 0 Å². The van der Waals surface area contributed by atoms with E-state index in [1.807, 2.05) is 6.92 Å². The smallest absolute Gasteiger partial charge is 0.307 e. The molecule has 0 saturated carbocycles. The fourth-order valence-corrected chi connectivity index (χ4v) is 1.45. The minimum Gasteiger partial charge on any atom is -0.481 e. The van der Waals surface area contributed by atoms with Gasteiger partial charge in [0.25, 0.3) is 0 Å². The van der Waals surface area contributed by atoms with E-state index in [9.17, 15) is 9.18 Å². The number of carboxylic acids is 1. The Balaban J connectivity index is 3.01. The molecule has 0 bridgehead atoms. The van der Waals surface area contributed by atoms with Gasteiger partial charge in [-0.15, -0.1) is 0 Å². The van der Waals surface area contributed by atoms with Crippen molar-refractivity contribution in [3.63, 3.8) is 0 Å². The highest BCUT2D eigenvalue weighted by molar-refractivity contribution is 9.09. The van der Waals surface area contributed by atoms with Crippen LogP contribution in [0, 0.1) is 5.82 Å². The predicted octanol–water partition coefficient (Wildman–Crippen LogP) is 2.91. The van der Waals surface area contributed by atoms with E-state index in [-0.39, 0.29) is 11.2 Å². The molecule has 0 spiro atoms. The van der Waals surface area contributed by atoms with Gasteiger partial charge in [0.2, 0.25) is 0 Å². The van der Waals surface area contributed by atoms with E-state index in [1.165, 1.54) is 12.1 Å². The van der Waals surface area contributed by atoms with Crippen molar-refractivity contribution in [2.75, 3.05) is 0 Å². The molecule has 0 radical (unpaired) electrons. The summed E-state index contributed by atoms with van der Waals surface area (Å²) < 4.78 is 13.0. The summed E-state index contributed by atoms with van der Waals surface area (Å²) in [5, 5.41) is 8.55. The second-order valence-corrected chi connectivity index (χ2v) is 4.45. The molecule has 4 heteroatoms. The van der Waals surface area contributed by atoms with Crippen LogP contribution in [0.1, 0.15) is 22.9 Å². The number of alkyl halides is 1. The normalized spacial score (nSPS) is 12.5. The Labute approximate surface area is 89.9 Å². The number of hydrogen-bond donors (Lipinski definition) is 1. The predicted molar refractivity (Wildman–Crippen MR) is 55.1 cm³/mol. The first-order valence-corrected chi connectivity index (χ1v) is 5.06. The van der Waals surface area contributed by atoms with Gasteiger partial charge in [-0.1, -0.05) is 22.0 Å². The number of hydrogen-bond acceptors (Lipinski definition) is 1. The van der Waals surface area contributed by atoms with Crippen LogP contribution in [0.25, 0.3) is 0 Å². The first-order chi connectivity index (χ1) is 6.49. The van der Waals surface area contributed by atoms with Gasteiger partial charge in [0.1, 0.15) is 5.82 Å². The zero-order chi connectivity index (χ0) is 10.7. The number of carbonyl (C=O) groups is 1. The molecule has 0 aliphatic rings. The Morgan fingerprint density at radius 2 is 2.21 bits per heavy atom. The average molecular weight is 261 g/mol. The van der Waals surface area contributed by atoms with Gasteiger partial charge < -0.3 is 5.11 Å². The van der Waals surface area contributed by atoms with Crippen molar-refractivity contribution < 1.29 is 14.3 Å². The van der Waals surface area contributed by atoms with E-state index in [0.717, 1.165) is 5.56 Å². The van der Waals surface area contributed by atoms with Gasteiger partial charge in [0, 0.05) is 4.83 Å². The van der Waals surface area contributed by atoms with Gasteiger partial charge in [0.15, 0.2) is 0 Å².